The van der Waals surface area contributed by atoms with Crippen molar-refractivity contribution in [2.75, 3.05) is 11.4 Å². The third-order valence-corrected chi connectivity index (χ3v) is 5.24. The molecule has 0 bridgehead atoms. The third-order valence-electron chi connectivity index (χ3n) is 5.24. The average Bonchev–Trinajstić information content (AvgIpc) is 2.80. The topological polar surface area (TPSA) is 71.5 Å². The number of rotatable bonds is 7. The highest BCUT2D eigenvalue weighted by molar-refractivity contribution is 5.99. The molecular formula is C25H25N3O3. The summed E-state index contributed by atoms with van der Waals surface area (Å²) >= 11 is 0. The molecule has 0 saturated carbocycles. The van der Waals surface area contributed by atoms with Crippen molar-refractivity contribution in [2.24, 2.45) is 0 Å². The molecule has 0 spiro atoms. The maximum absolute atomic E-state index is 13.2. The zero-order chi connectivity index (χ0) is 21.6. The van der Waals surface area contributed by atoms with Crippen LogP contribution >= 0.6 is 0 Å². The number of ether oxygens (including phenoxy) is 1. The van der Waals surface area contributed by atoms with E-state index in [1.165, 1.54) is 5.56 Å². The van der Waals surface area contributed by atoms with Crippen LogP contribution in [0.4, 0.5) is 5.82 Å². The summed E-state index contributed by atoms with van der Waals surface area (Å²) < 4.78 is 5.95. The van der Waals surface area contributed by atoms with E-state index in [9.17, 15) is 9.59 Å². The van der Waals surface area contributed by atoms with E-state index in [1.54, 1.807) is 17.2 Å². The van der Waals surface area contributed by atoms with Crippen LogP contribution in [-0.4, -0.2) is 23.3 Å². The van der Waals surface area contributed by atoms with Crippen molar-refractivity contribution >= 4 is 17.6 Å². The van der Waals surface area contributed by atoms with Gasteiger partial charge in [-0.05, 0) is 31.0 Å². The number of carbonyl (C=O) groups is 2. The molecule has 2 heterocycles. The van der Waals surface area contributed by atoms with Crippen LogP contribution in [0, 0.1) is 6.92 Å². The molecule has 1 aliphatic heterocycles. The zero-order valence-corrected chi connectivity index (χ0v) is 17.5. The molecule has 6 nitrogen and oxygen atoms in total. The van der Waals surface area contributed by atoms with Crippen LogP contribution in [0.25, 0.3) is 0 Å². The summed E-state index contributed by atoms with van der Waals surface area (Å²) in [6.07, 6.45) is 1.78. The molecule has 0 aliphatic carbocycles. The molecule has 1 atom stereocenters. The number of hydrogen-bond acceptors (Lipinski definition) is 4. The molecular weight excluding hydrogens is 390 g/mol. The van der Waals surface area contributed by atoms with Crippen molar-refractivity contribution in [1.82, 2.24) is 10.3 Å². The van der Waals surface area contributed by atoms with Crippen LogP contribution in [0.15, 0.2) is 72.9 Å². The van der Waals surface area contributed by atoms with E-state index in [0.29, 0.717) is 37.5 Å². The number of carbonyl (C=O) groups excluding carboxylic acids is 2. The normalized spacial score (nSPS) is 15.2. The van der Waals surface area contributed by atoms with E-state index in [-0.39, 0.29) is 11.8 Å². The van der Waals surface area contributed by atoms with Crippen LogP contribution < -0.4 is 15.0 Å². The van der Waals surface area contributed by atoms with Gasteiger partial charge in [0.1, 0.15) is 0 Å². The summed E-state index contributed by atoms with van der Waals surface area (Å²) in [5, 5.41) is 2.94. The molecule has 0 radical (unpaired) electrons. The molecule has 1 N–H and O–H groups in total. The first-order chi connectivity index (χ1) is 15.1. The lowest BCUT2D eigenvalue weighted by atomic mass is 10.1. The number of aromatic nitrogens is 1. The van der Waals surface area contributed by atoms with Crippen LogP contribution in [0.5, 0.6) is 5.75 Å². The molecule has 2 amide bonds. The Morgan fingerprint density at radius 1 is 1.06 bits per heavy atom. The van der Waals surface area contributed by atoms with Gasteiger partial charge in [-0.2, -0.15) is 0 Å². The molecule has 0 unspecified atom stereocenters. The quantitative estimate of drug-likeness (QED) is 0.634. The lowest BCUT2D eigenvalue weighted by Gasteiger charge is -2.33. The standard InChI is InChI=1S/C25H25N3O3/c1-18-11-13-19(14-12-18)17-27-22(29)10-6-16-28-24-21(9-5-15-26-24)31-23(25(28)30)20-7-3-2-4-8-20/h2-5,7-9,11-15,23H,6,10,16-17H2,1H3,(H,27,29)/t23-/m1/s1. The van der Waals surface area contributed by atoms with Crippen molar-refractivity contribution in [2.45, 2.75) is 32.4 Å². The number of hydrogen-bond donors (Lipinski definition) is 1. The predicted molar refractivity (Wildman–Crippen MR) is 119 cm³/mol. The van der Waals surface area contributed by atoms with E-state index < -0.39 is 6.10 Å². The van der Waals surface area contributed by atoms with E-state index in [2.05, 4.69) is 10.3 Å². The second kappa shape index (κ2) is 9.43. The van der Waals surface area contributed by atoms with Crippen molar-refractivity contribution in [3.05, 3.63) is 89.6 Å². The van der Waals surface area contributed by atoms with Gasteiger partial charge in [0.05, 0.1) is 0 Å². The highest BCUT2D eigenvalue weighted by Crippen LogP contribution is 2.37. The maximum Gasteiger partial charge on any atom is 0.274 e. The molecule has 3 aromatic rings. The fourth-order valence-corrected chi connectivity index (χ4v) is 3.55. The second-order valence-corrected chi connectivity index (χ2v) is 7.59. The van der Waals surface area contributed by atoms with E-state index in [4.69, 9.17) is 4.74 Å². The summed E-state index contributed by atoms with van der Waals surface area (Å²) in [6.45, 7) is 2.92. The minimum Gasteiger partial charge on any atom is -0.472 e. The van der Waals surface area contributed by atoms with Crippen LogP contribution in [0.2, 0.25) is 0 Å². The van der Waals surface area contributed by atoms with Crippen LogP contribution in [0.1, 0.15) is 35.6 Å². The number of pyridine rings is 1. The van der Waals surface area contributed by atoms with Gasteiger partial charge in [-0.1, -0.05) is 60.2 Å². The number of nitrogens with zero attached hydrogens (tertiary/aromatic N) is 2. The third kappa shape index (κ3) is 4.91. The molecule has 158 valence electrons. The number of nitrogens with one attached hydrogen (secondary N) is 1. The Hall–Kier alpha value is -3.67. The lowest BCUT2D eigenvalue weighted by molar-refractivity contribution is -0.127. The molecule has 1 aromatic heterocycles. The van der Waals surface area contributed by atoms with E-state index in [1.807, 2.05) is 67.6 Å². The van der Waals surface area contributed by atoms with Crippen LogP contribution in [-0.2, 0) is 16.1 Å². The highest BCUT2D eigenvalue weighted by Gasteiger charge is 2.36. The number of anilines is 1. The smallest absolute Gasteiger partial charge is 0.274 e. The summed E-state index contributed by atoms with van der Waals surface area (Å²) in [4.78, 5) is 31.4. The van der Waals surface area contributed by atoms with E-state index in [0.717, 1.165) is 11.1 Å². The lowest BCUT2D eigenvalue weighted by Crippen LogP contribution is -2.42. The molecule has 31 heavy (non-hydrogen) atoms. The average molecular weight is 415 g/mol. The van der Waals surface area contributed by atoms with Crippen molar-refractivity contribution < 1.29 is 14.3 Å². The first-order valence-electron chi connectivity index (χ1n) is 10.4. The van der Waals surface area contributed by atoms with Gasteiger partial charge in [0.15, 0.2) is 11.6 Å². The van der Waals surface area contributed by atoms with Gasteiger partial charge in [0.2, 0.25) is 12.0 Å². The minimum atomic E-state index is -0.715. The predicted octanol–water partition coefficient (Wildman–Crippen LogP) is 3.95. The van der Waals surface area contributed by atoms with Crippen molar-refractivity contribution in [3.8, 4) is 5.75 Å². The van der Waals surface area contributed by atoms with Gasteiger partial charge in [0.25, 0.3) is 5.91 Å². The molecule has 0 saturated heterocycles. The Bertz CT molecular complexity index is 1050. The van der Waals surface area contributed by atoms with E-state index >= 15 is 0 Å². The number of benzene rings is 2. The molecule has 2 aromatic carbocycles. The Balaban J connectivity index is 1.38. The summed E-state index contributed by atoms with van der Waals surface area (Å²) in [5.74, 6) is 0.860. The fraction of sp³-hybridized carbons (Fsp3) is 0.240. The van der Waals surface area contributed by atoms with Crippen molar-refractivity contribution in [3.63, 3.8) is 0 Å². The minimum absolute atomic E-state index is 0.0397. The first kappa shape index (κ1) is 20.6. The SMILES string of the molecule is Cc1ccc(CNC(=O)CCCN2C(=O)[C@@H](c3ccccc3)Oc3cccnc32)cc1. The molecule has 0 fully saturated rings. The number of aryl methyl sites for hydroxylation is 1. The van der Waals surface area contributed by atoms with Crippen molar-refractivity contribution in [1.29, 1.82) is 0 Å². The van der Waals surface area contributed by atoms with Gasteiger partial charge in [-0.15, -0.1) is 0 Å². The van der Waals surface area contributed by atoms with Crippen LogP contribution in [0.3, 0.4) is 0 Å². The van der Waals surface area contributed by atoms with Gasteiger partial charge >= 0.3 is 0 Å². The largest absolute Gasteiger partial charge is 0.472 e. The fourth-order valence-electron chi connectivity index (χ4n) is 3.55. The summed E-state index contributed by atoms with van der Waals surface area (Å²) in [5.41, 5.74) is 3.04. The Morgan fingerprint density at radius 3 is 2.61 bits per heavy atom. The Labute approximate surface area is 181 Å². The maximum atomic E-state index is 13.2. The second-order valence-electron chi connectivity index (χ2n) is 7.59. The molecule has 6 heteroatoms. The monoisotopic (exact) mass is 415 g/mol. The first-order valence-corrected chi connectivity index (χ1v) is 10.4. The number of amides is 2. The molecule has 4 rings (SSSR count). The van der Waals surface area contributed by atoms with Gasteiger partial charge in [0, 0.05) is 31.3 Å². The Kier molecular flexibility index (Phi) is 6.26. The molecule has 1 aliphatic rings. The van der Waals surface area contributed by atoms with Gasteiger partial charge in [-0.3, -0.25) is 14.5 Å². The van der Waals surface area contributed by atoms with Gasteiger partial charge < -0.3 is 10.1 Å². The Morgan fingerprint density at radius 2 is 1.84 bits per heavy atom. The summed E-state index contributed by atoms with van der Waals surface area (Å²) in [7, 11) is 0. The highest BCUT2D eigenvalue weighted by atomic mass is 16.5. The number of fused-ring (bicyclic) bond motifs is 1. The summed E-state index contributed by atoms with van der Waals surface area (Å²) in [6, 6.07) is 21.1. The zero-order valence-electron chi connectivity index (χ0n) is 17.5. The van der Waals surface area contributed by atoms with Gasteiger partial charge in [-0.25, -0.2) is 4.98 Å².